The van der Waals surface area contributed by atoms with Gasteiger partial charge >= 0.3 is 0 Å². The van der Waals surface area contributed by atoms with Gasteiger partial charge in [-0.2, -0.15) is 0 Å². The summed E-state index contributed by atoms with van der Waals surface area (Å²) in [7, 11) is 2.14. The Labute approximate surface area is 214 Å². The predicted molar refractivity (Wildman–Crippen MR) is 143 cm³/mol. The van der Waals surface area contributed by atoms with Crippen molar-refractivity contribution in [1.29, 1.82) is 0 Å². The molecule has 2 aromatic heterocycles. The van der Waals surface area contributed by atoms with Gasteiger partial charge in [0, 0.05) is 43.9 Å². The molecular formula is C26H31FN6O2S. The number of hydrogen-bond acceptors (Lipinski definition) is 9. The number of piperazine rings is 1. The van der Waals surface area contributed by atoms with Gasteiger partial charge in [-0.3, -0.25) is 0 Å². The topological polar surface area (TPSA) is 75.6 Å². The van der Waals surface area contributed by atoms with Crippen LogP contribution in [0, 0.1) is 11.7 Å². The minimum atomic E-state index is -0.338. The van der Waals surface area contributed by atoms with Crippen LogP contribution in [0.5, 0.6) is 5.75 Å². The summed E-state index contributed by atoms with van der Waals surface area (Å²) in [6.45, 7) is 9.85. The second-order valence-electron chi connectivity index (χ2n) is 8.82. The van der Waals surface area contributed by atoms with Crippen molar-refractivity contribution < 1.29 is 13.9 Å². The summed E-state index contributed by atoms with van der Waals surface area (Å²) in [5.74, 6) is 1.24. The minimum Gasteiger partial charge on any atom is -0.492 e. The Morgan fingerprint density at radius 1 is 1.08 bits per heavy atom. The summed E-state index contributed by atoms with van der Waals surface area (Å²) in [5, 5.41) is 3.93. The molecule has 6 rings (SSSR count). The molecule has 0 amide bonds. The van der Waals surface area contributed by atoms with Gasteiger partial charge in [0.1, 0.15) is 17.9 Å². The SMILES string of the molecule is CC.CN1CCN(c2cc(OCC3COC3)c3c(Nc4ccc5ncsc5c4F)ncnc3c2)CC1. The number of nitrogens with one attached hydrogen (secondary N) is 1. The van der Waals surface area contributed by atoms with Crippen molar-refractivity contribution in [2.75, 3.05) is 63.3 Å². The maximum Gasteiger partial charge on any atom is 0.166 e. The van der Waals surface area contributed by atoms with E-state index in [4.69, 9.17) is 9.47 Å². The van der Waals surface area contributed by atoms with Crippen LogP contribution in [0.2, 0.25) is 0 Å². The number of hydrogen-bond donors (Lipinski definition) is 1. The van der Waals surface area contributed by atoms with Gasteiger partial charge in [0.2, 0.25) is 0 Å². The number of ether oxygens (including phenoxy) is 2. The molecule has 0 spiro atoms. The van der Waals surface area contributed by atoms with Crippen LogP contribution in [0.15, 0.2) is 36.1 Å². The Balaban J connectivity index is 0.00000130. The van der Waals surface area contributed by atoms with Gasteiger partial charge in [-0.15, -0.1) is 11.3 Å². The van der Waals surface area contributed by atoms with Gasteiger partial charge in [-0.25, -0.2) is 19.3 Å². The van der Waals surface area contributed by atoms with E-state index < -0.39 is 0 Å². The van der Waals surface area contributed by atoms with Gasteiger partial charge in [0.25, 0.3) is 0 Å². The second kappa shape index (κ2) is 10.9. The van der Waals surface area contributed by atoms with Gasteiger partial charge in [-0.1, -0.05) is 13.8 Å². The number of rotatable bonds is 6. The molecule has 4 aromatic rings. The van der Waals surface area contributed by atoms with Gasteiger partial charge in [0.15, 0.2) is 5.82 Å². The second-order valence-corrected chi connectivity index (χ2v) is 9.67. The molecule has 2 saturated heterocycles. The molecule has 2 aromatic carbocycles. The van der Waals surface area contributed by atoms with Crippen molar-refractivity contribution in [3.63, 3.8) is 0 Å². The zero-order chi connectivity index (χ0) is 25.1. The highest BCUT2D eigenvalue weighted by Gasteiger charge is 2.23. The van der Waals surface area contributed by atoms with Crippen molar-refractivity contribution in [3.8, 4) is 5.75 Å². The van der Waals surface area contributed by atoms with Crippen LogP contribution in [0.1, 0.15) is 13.8 Å². The van der Waals surface area contributed by atoms with Crippen molar-refractivity contribution in [1.82, 2.24) is 19.9 Å². The average molecular weight is 511 g/mol. The summed E-state index contributed by atoms with van der Waals surface area (Å²) in [6, 6.07) is 7.62. The first-order valence-electron chi connectivity index (χ1n) is 12.4. The monoisotopic (exact) mass is 510 g/mol. The number of aromatic nitrogens is 3. The normalized spacial score (nSPS) is 16.5. The Bertz CT molecular complexity index is 1340. The lowest BCUT2D eigenvalue weighted by Crippen LogP contribution is -2.44. The lowest BCUT2D eigenvalue weighted by atomic mass is 10.1. The average Bonchev–Trinajstić information content (AvgIpc) is 3.36. The number of benzene rings is 2. The summed E-state index contributed by atoms with van der Waals surface area (Å²) in [5.41, 5.74) is 4.46. The lowest BCUT2D eigenvalue weighted by molar-refractivity contribution is -0.0506. The zero-order valence-electron chi connectivity index (χ0n) is 20.8. The van der Waals surface area contributed by atoms with Crippen LogP contribution >= 0.6 is 11.3 Å². The van der Waals surface area contributed by atoms with Crippen LogP contribution in [0.3, 0.4) is 0 Å². The molecule has 0 atom stereocenters. The summed E-state index contributed by atoms with van der Waals surface area (Å²) < 4.78 is 27.3. The van der Waals surface area contributed by atoms with Crippen molar-refractivity contribution in [2.24, 2.45) is 5.92 Å². The van der Waals surface area contributed by atoms with Crippen molar-refractivity contribution in [3.05, 3.63) is 41.9 Å². The summed E-state index contributed by atoms with van der Waals surface area (Å²) in [6.07, 6.45) is 1.51. The third-order valence-corrected chi connectivity index (χ3v) is 7.26. The lowest BCUT2D eigenvalue weighted by Gasteiger charge is -2.34. The first-order chi connectivity index (χ1) is 17.7. The van der Waals surface area contributed by atoms with E-state index in [1.165, 1.54) is 17.7 Å². The molecule has 0 aliphatic carbocycles. The van der Waals surface area contributed by atoms with Crippen LogP contribution in [0.4, 0.5) is 21.6 Å². The first kappa shape index (κ1) is 24.6. The molecule has 190 valence electrons. The highest BCUT2D eigenvalue weighted by molar-refractivity contribution is 7.16. The maximum atomic E-state index is 15.1. The van der Waals surface area contributed by atoms with E-state index in [-0.39, 0.29) is 5.82 Å². The van der Waals surface area contributed by atoms with E-state index >= 15 is 4.39 Å². The highest BCUT2D eigenvalue weighted by atomic mass is 32.1. The predicted octanol–water partition coefficient (Wildman–Crippen LogP) is 4.93. The van der Waals surface area contributed by atoms with E-state index in [2.05, 4.69) is 49.2 Å². The highest BCUT2D eigenvalue weighted by Crippen LogP contribution is 2.37. The Kier molecular flexibility index (Phi) is 7.45. The number of halogens is 1. The standard InChI is InChI=1S/C24H25FN6O2S.C2H6/c1-30-4-6-31(7-5-30)16-8-19-21(20(9-16)33-12-15-10-32-11-15)24(27-13-26-19)29-17-2-3-18-23(22(17)25)34-14-28-18;1-2/h2-3,8-9,13-15H,4-7,10-12H2,1H3,(H,26,27,29);1-2H3. The quantitative estimate of drug-likeness (QED) is 0.392. The molecule has 1 N–H and O–H groups in total. The van der Waals surface area contributed by atoms with Gasteiger partial charge in [-0.05, 0) is 25.2 Å². The van der Waals surface area contributed by atoms with Crippen LogP contribution < -0.4 is 15.0 Å². The molecule has 2 aliphatic rings. The van der Waals surface area contributed by atoms with Gasteiger partial charge < -0.3 is 24.6 Å². The smallest absolute Gasteiger partial charge is 0.166 e. The zero-order valence-corrected chi connectivity index (χ0v) is 21.6. The minimum absolute atomic E-state index is 0.338. The molecular weight excluding hydrogens is 479 g/mol. The molecule has 2 aliphatic heterocycles. The third-order valence-electron chi connectivity index (χ3n) is 6.43. The number of nitrogens with zero attached hydrogens (tertiary/aromatic N) is 5. The maximum absolute atomic E-state index is 15.1. The van der Waals surface area contributed by atoms with E-state index in [1.54, 1.807) is 17.6 Å². The van der Waals surface area contributed by atoms with Gasteiger partial charge in [0.05, 0.1) is 52.1 Å². The van der Waals surface area contributed by atoms with Crippen molar-refractivity contribution in [2.45, 2.75) is 13.8 Å². The molecule has 36 heavy (non-hydrogen) atoms. The summed E-state index contributed by atoms with van der Waals surface area (Å²) in [4.78, 5) is 17.9. The number of thiazole rings is 1. The largest absolute Gasteiger partial charge is 0.492 e. The molecule has 8 nitrogen and oxygen atoms in total. The molecule has 0 saturated carbocycles. The van der Waals surface area contributed by atoms with Crippen molar-refractivity contribution >= 4 is 49.6 Å². The Morgan fingerprint density at radius 2 is 1.89 bits per heavy atom. The fourth-order valence-corrected chi connectivity index (χ4v) is 5.03. The van der Waals surface area contributed by atoms with E-state index in [0.29, 0.717) is 53.2 Å². The fraction of sp³-hybridized carbons (Fsp3) is 0.423. The Morgan fingerprint density at radius 3 is 2.64 bits per heavy atom. The fourth-order valence-electron chi connectivity index (χ4n) is 4.30. The first-order valence-corrected chi connectivity index (χ1v) is 13.2. The number of fused-ring (bicyclic) bond motifs is 2. The molecule has 2 fully saturated rings. The van der Waals surface area contributed by atoms with E-state index in [1.807, 2.05) is 13.8 Å². The molecule has 0 unspecified atom stereocenters. The number of anilines is 3. The molecule has 0 bridgehead atoms. The van der Waals surface area contributed by atoms with Crippen LogP contribution in [0.25, 0.3) is 21.1 Å². The summed E-state index contributed by atoms with van der Waals surface area (Å²) >= 11 is 1.28. The third kappa shape index (κ3) is 4.93. The Hall–Kier alpha value is -3.08. The van der Waals surface area contributed by atoms with Crippen LogP contribution in [-0.2, 0) is 4.74 Å². The van der Waals surface area contributed by atoms with Crippen LogP contribution in [-0.4, -0.2) is 72.9 Å². The molecule has 10 heteroatoms. The van der Waals surface area contributed by atoms with E-state index in [0.717, 1.165) is 42.8 Å². The molecule has 4 heterocycles. The molecule has 0 radical (unpaired) electrons. The van der Waals surface area contributed by atoms with E-state index in [9.17, 15) is 0 Å². The number of likely N-dealkylation sites (N-methyl/N-ethyl adjacent to an activating group) is 1.